The fraction of sp³-hybridized carbons (Fsp3) is 0.409. The summed E-state index contributed by atoms with van der Waals surface area (Å²) < 4.78 is 1.91. The number of aromatic nitrogens is 1. The van der Waals surface area contributed by atoms with Gasteiger partial charge < -0.3 is 14.8 Å². The lowest BCUT2D eigenvalue weighted by atomic mass is 9.80. The molecule has 0 radical (unpaired) electrons. The third-order valence-electron chi connectivity index (χ3n) is 5.73. The number of pyridine rings is 1. The Bertz CT molecular complexity index is 999. The average Bonchev–Trinajstić information content (AvgIpc) is 2.69. The first-order valence-corrected chi connectivity index (χ1v) is 11.2. The Hall–Kier alpha value is -2.54. The molecule has 2 aromatic rings. The summed E-state index contributed by atoms with van der Waals surface area (Å²) in [4.78, 5) is 38.3. The second-order valence-corrected chi connectivity index (χ2v) is 8.74. The van der Waals surface area contributed by atoms with E-state index in [0.717, 1.165) is 35.5 Å². The Labute approximate surface area is 174 Å². The molecule has 6 nitrogen and oxygen atoms in total. The molecule has 2 aliphatic rings. The normalized spacial score (nSPS) is 20.1. The van der Waals surface area contributed by atoms with Crippen molar-refractivity contribution in [3.8, 4) is 11.1 Å². The molecule has 152 valence electrons. The zero-order valence-electron chi connectivity index (χ0n) is 16.7. The molecule has 7 heteroatoms. The van der Waals surface area contributed by atoms with Crippen molar-refractivity contribution in [2.75, 3.05) is 30.4 Å². The van der Waals surface area contributed by atoms with Gasteiger partial charge in [0.2, 0.25) is 11.8 Å². The number of benzene rings is 1. The molecule has 1 aromatic heterocycles. The molecule has 2 bridgehead atoms. The first kappa shape index (κ1) is 19.8. The standard InChI is InChI=1S/C22H25N3O3S/c1-14(26)23-18-5-3-16(4-6-18)19-7-8-20(27)25-11-15-9-17(22(19)25)12-24(10-15)21(28)13-29-2/h3-8,15,17H,9-13H2,1-2H3,(H,23,26). The minimum Gasteiger partial charge on any atom is -0.341 e. The number of nitrogens with zero attached hydrogens (tertiary/aromatic N) is 2. The van der Waals surface area contributed by atoms with Crippen LogP contribution in [0.3, 0.4) is 0 Å². The number of rotatable bonds is 4. The molecule has 0 aliphatic carbocycles. The third-order valence-corrected chi connectivity index (χ3v) is 6.26. The third kappa shape index (κ3) is 3.96. The Morgan fingerprint density at radius 1 is 1.10 bits per heavy atom. The number of carbonyl (C=O) groups is 2. The number of carbonyl (C=O) groups excluding carboxylic acids is 2. The number of nitrogens with one attached hydrogen (secondary N) is 1. The number of piperidine rings is 1. The van der Waals surface area contributed by atoms with Crippen molar-refractivity contribution in [1.29, 1.82) is 0 Å². The van der Waals surface area contributed by atoms with Crippen molar-refractivity contribution < 1.29 is 9.59 Å². The highest BCUT2D eigenvalue weighted by molar-refractivity contribution is 7.99. The van der Waals surface area contributed by atoms with Gasteiger partial charge in [-0.05, 0) is 42.4 Å². The van der Waals surface area contributed by atoms with Gasteiger partial charge in [0.15, 0.2) is 0 Å². The van der Waals surface area contributed by atoms with E-state index in [2.05, 4.69) is 5.32 Å². The zero-order valence-corrected chi connectivity index (χ0v) is 17.5. The Morgan fingerprint density at radius 3 is 2.55 bits per heavy atom. The van der Waals surface area contributed by atoms with E-state index in [0.29, 0.717) is 24.8 Å². The number of anilines is 1. The van der Waals surface area contributed by atoms with Gasteiger partial charge in [-0.1, -0.05) is 12.1 Å². The van der Waals surface area contributed by atoms with Crippen molar-refractivity contribution in [1.82, 2.24) is 9.47 Å². The quantitative estimate of drug-likeness (QED) is 0.840. The zero-order chi connectivity index (χ0) is 20.5. The molecular weight excluding hydrogens is 386 g/mol. The summed E-state index contributed by atoms with van der Waals surface area (Å²) in [5.74, 6) is 1.05. The van der Waals surface area contributed by atoms with E-state index in [1.165, 1.54) is 6.92 Å². The predicted molar refractivity (Wildman–Crippen MR) is 116 cm³/mol. The molecule has 2 amide bonds. The molecule has 4 rings (SSSR count). The highest BCUT2D eigenvalue weighted by atomic mass is 32.2. The van der Waals surface area contributed by atoms with E-state index >= 15 is 0 Å². The Morgan fingerprint density at radius 2 is 1.86 bits per heavy atom. The second kappa shape index (κ2) is 8.06. The van der Waals surface area contributed by atoms with Crippen molar-refractivity contribution in [2.24, 2.45) is 5.92 Å². The van der Waals surface area contributed by atoms with E-state index < -0.39 is 0 Å². The molecule has 1 N–H and O–H groups in total. The van der Waals surface area contributed by atoms with Gasteiger partial charge in [-0.2, -0.15) is 11.8 Å². The van der Waals surface area contributed by atoms with Crippen LogP contribution in [-0.4, -0.2) is 46.4 Å². The van der Waals surface area contributed by atoms with E-state index in [1.54, 1.807) is 17.8 Å². The number of likely N-dealkylation sites (tertiary alicyclic amines) is 1. The molecule has 1 fully saturated rings. The second-order valence-electron chi connectivity index (χ2n) is 7.87. The van der Waals surface area contributed by atoms with Crippen molar-refractivity contribution >= 4 is 29.3 Å². The predicted octanol–water partition coefficient (Wildman–Crippen LogP) is 2.78. The molecule has 1 aromatic carbocycles. The van der Waals surface area contributed by atoms with Crippen molar-refractivity contribution in [3.63, 3.8) is 0 Å². The van der Waals surface area contributed by atoms with E-state index in [4.69, 9.17) is 0 Å². The van der Waals surface area contributed by atoms with Crippen LogP contribution in [0.2, 0.25) is 0 Å². The lowest BCUT2D eigenvalue weighted by Gasteiger charge is -2.43. The van der Waals surface area contributed by atoms with Crippen molar-refractivity contribution in [2.45, 2.75) is 25.8 Å². The number of amides is 2. The first-order valence-electron chi connectivity index (χ1n) is 9.84. The van der Waals surface area contributed by atoms with Crippen LogP contribution in [0.15, 0.2) is 41.2 Å². The van der Waals surface area contributed by atoms with Crippen LogP contribution >= 0.6 is 11.8 Å². The van der Waals surface area contributed by atoms with Gasteiger partial charge in [0.05, 0.1) is 5.75 Å². The van der Waals surface area contributed by atoms with Gasteiger partial charge in [0.25, 0.3) is 5.56 Å². The SMILES string of the molecule is CSCC(=O)N1CC2CC(C1)c1c(-c3ccc(NC(C)=O)cc3)ccc(=O)n1C2. The molecule has 0 spiro atoms. The molecule has 0 saturated carbocycles. The van der Waals surface area contributed by atoms with Gasteiger partial charge in [0, 0.05) is 55.5 Å². The van der Waals surface area contributed by atoms with Crippen LogP contribution in [0, 0.1) is 5.92 Å². The molecule has 2 aliphatic heterocycles. The summed E-state index contributed by atoms with van der Waals surface area (Å²) >= 11 is 1.55. The van der Waals surface area contributed by atoms with Crippen LogP contribution in [0.5, 0.6) is 0 Å². The summed E-state index contributed by atoms with van der Waals surface area (Å²) in [6.07, 6.45) is 2.95. The van der Waals surface area contributed by atoms with Gasteiger partial charge in [-0.25, -0.2) is 0 Å². The fourth-order valence-electron chi connectivity index (χ4n) is 4.61. The van der Waals surface area contributed by atoms with Crippen LogP contribution in [0.1, 0.15) is 25.0 Å². The highest BCUT2D eigenvalue weighted by Crippen LogP contribution is 2.40. The summed E-state index contributed by atoms with van der Waals surface area (Å²) in [6, 6.07) is 11.2. The minimum atomic E-state index is -0.107. The maximum atomic E-state index is 12.6. The minimum absolute atomic E-state index is 0.0252. The monoisotopic (exact) mass is 411 g/mol. The largest absolute Gasteiger partial charge is 0.341 e. The summed E-state index contributed by atoms with van der Waals surface area (Å²) in [5, 5.41) is 2.78. The van der Waals surface area contributed by atoms with Crippen LogP contribution in [-0.2, 0) is 16.1 Å². The van der Waals surface area contributed by atoms with Gasteiger partial charge in [0.1, 0.15) is 0 Å². The number of hydrogen-bond donors (Lipinski definition) is 1. The lowest BCUT2D eigenvalue weighted by molar-refractivity contribution is -0.131. The lowest BCUT2D eigenvalue weighted by Crippen LogP contribution is -2.49. The maximum Gasteiger partial charge on any atom is 0.250 e. The fourth-order valence-corrected chi connectivity index (χ4v) is 5.04. The maximum absolute atomic E-state index is 12.6. The topological polar surface area (TPSA) is 71.4 Å². The number of hydrogen-bond acceptors (Lipinski definition) is 4. The van der Waals surface area contributed by atoms with Gasteiger partial charge >= 0.3 is 0 Å². The molecule has 1 saturated heterocycles. The van der Waals surface area contributed by atoms with E-state index in [9.17, 15) is 14.4 Å². The van der Waals surface area contributed by atoms with Gasteiger partial charge in [-0.3, -0.25) is 14.4 Å². The van der Waals surface area contributed by atoms with Crippen LogP contribution < -0.4 is 10.9 Å². The smallest absolute Gasteiger partial charge is 0.250 e. The molecule has 2 atom stereocenters. The molecule has 2 unspecified atom stereocenters. The average molecular weight is 412 g/mol. The molecule has 3 heterocycles. The summed E-state index contributed by atoms with van der Waals surface area (Å²) in [6.45, 7) is 3.54. The van der Waals surface area contributed by atoms with Crippen LogP contribution in [0.25, 0.3) is 11.1 Å². The van der Waals surface area contributed by atoms with Gasteiger partial charge in [-0.15, -0.1) is 0 Å². The number of thioether (sulfide) groups is 1. The summed E-state index contributed by atoms with van der Waals surface area (Å²) in [5.41, 5.74) is 3.84. The van der Waals surface area contributed by atoms with E-state index in [1.807, 2.05) is 46.1 Å². The summed E-state index contributed by atoms with van der Waals surface area (Å²) in [7, 11) is 0. The molecular formula is C22H25N3O3S. The van der Waals surface area contributed by atoms with Crippen LogP contribution in [0.4, 0.5) is 5.69 Å². The number of fused-ring (bicyclic) bond motifs is 4. The Balaban J connectivity index is 1.71. The Kier molecular flexibility index (Phi) is 5.50. The first-order chi connectivity index (χ1) is 14.0. The van der Waals surface area contributed by atoms with Crippen molar-refractivity contribution in [3.05, 3.63) is 52.4 Å². The molecule has 29 heavy (non-hydrogen) atoms. The van der Waals surface area contributed by atoms with E-state index in [-0.39, 0.29) is 23.3 Å². The highest BCUT2D eigenvalue weighted by Gasteiger charge is 2.37.